The molecular weight excluding hydrogens is 198 g/mol. The van der Waals surface area contributed by atoms with Crippen LogP contribution in [0.4, 0.5) is 0 Å². The van der Waals surface area contributed by atoms with Gasteiger partial charge in [0.1, 0.15) is 0 Å². The fourth-order valence-corrected chi connectivity index (χ4v) is 1.76. The molecule has 1 unspecified atom stereocenters. The van der Waals surface area contributed by atoms with Crippen molar-refractivity contribution in [3.63, 3.8) is 0 Å². The summed E-state index contributed by atoms with van der Waals surface area (Å²) >= 11 is 5.81. The average Bonchev–Trinajstić information content (AvgIpc) is 2.23. The second-order valence-electron chi connectivity index (χ2n) is 3.53. The van der Waals surface area contributed by atoms with E-state index in [4.69, 9.17) is 16.3 Å². The molecule has 76 valence electrons. The zero-order valence-corrected chi connectivity index (χ0v) is 8.76. The van der Waals surface area contributed by atoms with Crippen LogP contribution in [0.2, 0.25) is 5.02 Å². The molecule has 0 amide bonds. The van der Waals surface area contributed by atoms with Gasteiger partial charge in [-0.05, 0) is 24.1 Å². The molecule has 0 spiro atoms. The van der Waals surface area contributed by atoms with Crippen LogP contribution in [0.3, 0.4) is 0 Å². The lowest BCUT2D eigenvalue weighted by atomic mass is 10.1. The van der Waals surface area contributed by atoms with Gasteiger partial charge in [0.15, 0.2) is 0 Å². The van der Waals surface area contributed by atoms with E-state index in [-0.39, 0.29) is 0 Å². The van der Waals surface area contributed by atoms with E-state index in [0.29, 0.717) is 6.10 Å². The monoisotopic (exact) mass is 211 g/mol. The lowest BCUT2D eigenvalue weighted by molar-refractivity contribution is 0.0292. The number of hydrogen-bond donors (Lipinski definition) is 1. The summed E-state index contributed by atoms with van der Waals surface area (Å²) in [4.78, 5) is 0. The third-order valence-electron chi connectivity index (χ3n) is 2.38. The lowest BCUT2D eigenvalue weighted by Crippen LogP contribution is -2.39. The molecule has 3 heteroatoms. The first-order valence-corrected chi connectivity index (χ1v) is 5.29. The van der Waals surface area contributed by atoms with Crippen molar-refractivity contribution in [3.05, 3.63) is 34.9 Å². The Kier molecular flexibility index (Phi) is 3.40. The molecule has 1 aromatic rings. The quantitative estimate of drug-likeness (QED) is 0.807. The third-order valence-corrected chi connectivity index (χ3v) is 2.63. The zero-order valence-electron chi connectivity index (χ0n) is 8.00. The number of halogens is 1. The Bertz CT molecular complexity index is 280. The molecule has 0 saturated carbocycles. The number of benzene rings is 1. The van der Waals surface area contributed by atoms with Crippen LogP contribution >= 0.6 is 11.6 Å². The van der Waals surface area contributed by atoms with Crippen molar-refractivity contribution in [2.75, 3.05) is 19.7 Å². The van der Waals surface area contributed by atoms with Crippen LogP contribution in [0.25, 0.3) is 0 Å². The Labute approximate surface area is 89.2 Å². The molecule has 2 rings (SSSR count). The van der Waals surface area contributed by atoms with Gasteiger partial charge < -0.3 is 10.1 Å². The van der Waals surface area contributed by atoms with E-state index in [0.717, 1.165) is 31.1 Å². The number of ether oxygens (including phenoxy) is 1. The first kappa shape index (κ1) is 9.97. The van der Waals surface area contributed by atoms with Gasteiger partial charge in [-0.25, -0.2) is 0 Å². The summed E-state index contributed by atoms with van der Waals surface area (Å²) in [5.74, 6) is 0. The van der Waals surface area contributed by atoms with Crippen LogP contribution < -0.4 is 5.32 Å². The highest BCUT2D eigenvalue weighted by atomic mass is 35.5. The fourth-order valence-electron chi connectivity index (χ4n) is 1.63. The summed E-state index contributed by atoms with van der Waals surface area (Å²) < 4.78 is 5.62. The highest BCUT2D eigenvalue weighted by Crippen LogP contribution is 2.12. The molecule has 14 heavy (non-hydrogen) atoms. The molecule has 1 aromatic carbocycles. The van der Waals surface area contributed by atoms with Gasteiger partial charge in [-0.1, -0.05) is 23.7 Å². The smallest absolute Gasteiger partial charge is 0.0740 e. The number of nitrogens with one attached hydrogen (secondary N) is 1. The zero-order chi connectivity index (χ0) is 9.80. The van der Waals surface area contributed by atoms with Crippen molar-refractivity contribution in [2.45, 2.75) is 12.5 Å². The number of morpholine rings is 1. The Morgan fingerprint density at radius 3 is 2.79 bits per heavy atom. The normalized spacial score (nSPS) is 22.2. The van der Waals surface area contributed by atoms with Crippen LogP contribution in [0, 0.1) is 0 Å². The molecule has 1 saturated heterocycles. The maximum absolute atomic E-state index is 5.81. The molecule has 0 bridgehead atoms. The Morgan fingerprint density at radius 1 is 1.36 bits per heavy atom. The van der Waals surface area contributed by atoms with Gasteiger partial charge in [0.2, 0.25) is 0 Å². The van der Waals surface area contributed by atoms with E-state index in [2.05, 4.69) is 17.4 Å². The maximum Gasteiger partial charge on any atom is 0.0740 e. The first-order valence-electron chi connectivity index (χ1n) is 4.91. The van der Waals surface area contributed by atoms with E-state index in [1.54, 1.807) is 0 Å². The number of hydrogen-bond acceptors (Lipinski definition) is 2. The highest BCUT2D eigenvalue weighted by molar-refractivity contribution is 6.30. The molecule has 0 radical (unpaired) electrons. The van der Waals surface area contributed by atoms with Crippen molar-refractivity contribution in [3.8, 4) is 0 Å². The SMILES string of the molecule is Clc1ccc(CC2CNCCO2)cc1. The van der Waals surface area contributed by atoms with Crippen LogP contribution in [0.1, 0.15) is 5.56 Å². The Morgan fingerprint density at radius 2 is 2.14 bits per heavy atom. The van der Waals surface area contributed by atoms with E-state index in [1.165, 1.54) is 5.56 Å². The topological polar surface area (TPSA) is 21.3 Å². The van der Waals surface area contributed by atoms with Gasteiger partial charge in [0, 0.05) is 18.1 Å². The number of rotatable bonds is 2. The van der Waals surface area contributed by atoms with Crippen molar-refractivity contribution in [1.82, 2.24) is 5.32 Å². The predicted molar refractivity (Wildman–Crippen MR) is 57.8 cm³/mol. The summed E-state index contributed by atoms with van der Waals surface area (Å²) in [6.45, 7) is 2.73. The third kappa shape index (κ3) is 2.71. The van der Waals surface area contributed by atoms with E-state index >= 15 is 0 Å². The summed E-state index contributed by atoms with van der Waals surface area (Å²) in [5, 5.41) is 4.10. The van der Waals surface area contributed by atoms with Crippen LogP contribution in [0.15, 0.2) is 24.3 Å². The molecule has 1 atom stereocenters. The Balaban J connectivity index is 1.92. The second kappa shape index (κ2) is 4.78. The molecular formula is C11H14ClNO. The molecule has 0 aromatic heterocycles. The van der Waals surface area contributed by atoms with E-state index in [9.17, 15) is 0 Å². The second-order valence-corrected chi connectivity index (χ2v) is 3.96. The maximum atomic E-state index is 5.81. The molecule has 1 heterocycles. The summed E-state index contributed by atoms with van der Waals surface area (Å²) in [6, 6.07) is 7.96. The molecule has 1 N–H and O–H groups in total. The summed E-state index contributed by atoms with van der Waals surface area (Å²) in [7, 11) is 0. The predicted octanol–water partition coefficient (Wildman–Crippen LogP) is 1.87. The first-order chi connectivity index (χ1) is 6.84. The van der Waals surface area contributed by atoms with Crippen molar-refractivity contribution >= 4 is 11.6 Å². The van der Waals surface area contributed by atoms with Gasteiger partial charge in [-0.2, -0.15) is 0 Å². The molecule has 0 aliphatic carbocycles. The fraction of sp³-hybridized carbons (Fsp3) is 0.455. The van der Waals surface area contributed by atoms with Gasteiger partial charge in [0.05, 0.1) is 12.7 Å². The van der Waals surface area contributed by atoms with Crippen LogP contribution in [0.5, 0.6) is 0 Å². The standard InChI is InChI=1S/C11H14ClNO/c12-10-3-1-9(2-4-10)7-11-8-13-5-6-14-11/h1-4,11,13H,5-8H2. The molecule has 1 fully saturated rings. The van der Waals surface area contributed by atoms with Crippen molar-refractivity contribution < 1.29 is 4.74 Å². The largest absolute Gasteiger partial charge is 0.375 e. The van der Waals surface area contributed by atoms with Gasteiger partial charge in [-0.15, -0.1) is 0 Å². The van der Waals surface area contributed by atoms with Gasteiger partial charge in [-0.3, -0.25) is 0 Å². The summed E-state index contributed by atoms with van der Waals surface area (Å²) in [5.41, 5.74) is 1.28. The minimum atomic E-state index is 0.310. The highest BCUT2D eigenvalue weighted by Gasteiger charge is 2.13. The molecule has 1 aliphatic rings. The van der Waals surface area contributed by atoms with Crippen molar-refractivity contribution in [2.24, 2.45) is 0 Å². The summed E-state index contributed by atoms with van der Waals surface area (Å²) in [6.07, 6.45) is 1.27. The van der Waals surface area contributed by atoms with Crippen LogP contribution in [-0.4, -0.2) is 25.8 Å². The minimum absolute atomic E-state index is 0.310. The van der Waals surface area contributed by atoms with E-state index < -0.39 is 0 Å². The van der Waals surface area contributed by atoms with Gasteiger partial charge in [0.25, 0.3) is 0 Å². The molecule has 1 aliphatic heterocycles. The van der Waals surface area contributed by atoms with Crippen molar-refractivity contribution in [1.29, 1.82) is 0 Å². The van der Waals surface area contributed by atoms with Crippen LogP contribution in [-0.2, 0) is 11.2 Å². The van der Waals surface area contributed by atoms with E-state index in [1.807, 2.05) is 12.1 Å². The average molecular weight is 212 g/mol. The lowest BCUT2D eigenvalue weighted by Gasteiger charge is -2.23. The minimum Gasteiger partial charge on any atom is -0.375 e. The molecule has 2 nitrogen and oxygen atoms in total. The van der Waals surface area contributed by atoms with Gasteiger partial charge >= 0.3 is 0 Å². The Hall–Kier alpha value is -0.570.